The van der Waals surface area contributed by atoms with Crippen LogP contribution in [0.15, 0.2) is 30.3 Å². The number of rotatable bonds is 5. The summed E-state index contributed by atoms with van der Waals surface area (Å²) in [4.78, 5) is 11.5. The van der Waals surface area contributed by atoms with Crippen LogP contribution < -0.4 is 11.1 Å². The van der Waals surface area contributed by atoms with Crippen molar-refractivity contribution in [2.75, 3.05) is 0 Å². The average Bonchev–Trinajstić information content (AvgIpc) is 2.27. The fourth-order valence-corrected chi connectivity index (χ4v) is 1.46. The zero-order chi connectivity index (χ0) is 12.2. The molecule has 1 amide bonds. The molecule has 1 rings (SSSR count). The second-order valence-electron chi connectivity index (χ2n) is 4.63. The average molecular weight is 220 g/mol. The molecule has 1 aromatic carbocycles. The van der Waals surface area contributed by atoms with E-state index < -0.39 is 6.04 Å². The number of hydrogen-bond donors (Lipinski definition) is 2. The van der Waals surface area contributed by atoms with Gasteiger partial charge in [0.1, 0.15) is 6.04 Å². The molecule has 0 aliphatic heterocycles. The molecule has 0 bridgehead atoms. The van der Waals surface area contributed by atoms with Crippen molar-refractivity contribution < 1.29 is 4.79 Å². The Hall–Kier alpha value is -1.35. The minimum atomic E-state index is -0.420. The minimum absolute atomic E-state index is 0.102. The number of hydrogen-bond acceptors (Lipinski definition) is 2. The second-order valence-corrected chi connectivity index (χ2v) is 4.63. The molecular weight excluding hydrogens is 200 g/mol. The maximum absolute atomic E-state index is 11.5. The van der Waals surface area contributed by atoms with E-state index in [0.29, 0.717) is 0 Å². The van der Waals surface area contributed by atoms with Crippen LogP contribution in [0.25, 0.3) is 0 Å². The van der Waals surface area contributed by atoms with Gasteiger partial charge in [0, 0.05) is 5.54 Å². The smallest absolute Gasteiger partial charge is 0.239 e. The zero-order valence-electron chi connectivity index (χ0n) is 10.2. The topological polar surface area (TPSA) is 55.1 Å². The number of primary amides is 1. The number of benzene rings is 1. The quantitative estimate of drug-likeness (QED) is 0.797. The van der Waals surface area contributed by atoms with Crippen molar-refractivity contribution in [1.82, 2.24) is 5.32 Å². The monoisotopic (exact) mass is 220 g/mol. The Bertz CT molecular complexity index is 346. The molecule has 3 nitrogen and oxygen atoms in total. The SMILES string of the molecule is CCC(C)(C)N[C@H](C(N)=O)c1ccccc1. The lowest BCUT2D eigenvalue weighted by atomic mass is 9.97. The summed E-state index contributed by atoms with van der Waals surface area (Å²) in [5.41, 5.74) is 6.24. The van der Waals surface area contributed by atoms with Crippen molar-refractivity contribution in [2.45, 2.75) is 38.8 Å². The molecule has 0 aliphatic carbocycles. The van der Waals surface area contributed by atoms with Gasteiger partial charge in [-0.25, -0.2) is 0 Å². The largest absolute Gasteiger partial charge is 0.368 e. The van der Waals surface area contributed by atoms with Crippen molar-refractivity contribution in [1.29, 1.82) is 0 Å². The predicted molar refractivity (Wildman–Crippen MR) is 65.9 cm³/mol. The molecule has 0 aliphatic rings. The lowest BCUT2D eigenvalue weighted by molar-refractivity contribution is -0.120. The van der Waals surface area contributed by atoms with Crippen molar-refractivity contribution in [3.8, 4) is 0 Å². The third-order valence-corrected chi connectivity index (χ3v) is 2.84. The van der Waals surface area contributed by atoms with E-state index in [1.165, 1.54) is 0 Å². The summed E-state index contributed by atoms with van der Waals surface area (Å²) in [5.74, 6) is -0.340. The number of carbonyl (C=O) groups is 1. The highest BCUT2D eigenvalue weighted by Gasteiger charge is 2.24. The predicted octanol–water partition coefficient (Wildman–Crippen LogP) is 1.99. The first kappa shape index (κ1) is 12.7. The lowest BCUT2D eigenvalue weighted by Crippen LogP contribution is -2.45. The summed E-state index contributed by atoms with van der Waals surface area (Å²) in [5, 5.41) is 3.28. The van der Waals surface area contributed by atoms with Gasteiger partial charge in [0.05, 0.1) is 0 Å². The standard InChI is InChI=1S/C13H20N2O/c1-4-13(2,3)15-11(12(14)16)10-8-6-5-7-9-10/h5-9,11,15H,4H2,1-3H3,(H2,14,16)/t11-/m0/s1. The molecule has 0 aromatic heterocycles. The Morgan fingerprint density at radius 3 is 2.38 bits per heavy atom. The molecular formula is C13H20N2O. The highest BCUT2D eigenvalue weighted by atomic mass is 16.1. The van der Waals surface area contributed by atoms with Gasteiger partial charge in [-0.3, -0.25) is 10.1 Å². The second kappa shape index (κ2) is 5.12. The molecule has 0 unspecified atom stereocenters. The summed E-state index contributed by atoms with van der Waals surface area (Å²) in [7, 11) is 0. The molecule has 0 radical (unpaired) electrons. The van der Waals surface area contributed by atoms with Gasteiger partial charge in [-0.15, -0.1) is 0 Å². The van der Waals surface area contributed by atoms with Crippen molar-refractivity contribution in [3.05, 3.63) is 35.9 Å². The Morgan fingerprint density at radius 1 is 1.38 bits per heavy atom. The fourth-order valence-electron chi connectivity index (χ4n) is 1.46. The van der Waals surface area contributed by atoms with E-state index in [1.807, 2.05) is 30.3 Å². The summed E-state index contributed by atoms with van der Waals surface area (Å²) < 4.78 is 0. The van der Waals surface area contributed by atoms with Crippen LogP contribution in [-0.2, 0) is 4.79 Å². The summed E-state index contributed by atoms with van der Waals surface area (Å²) in [6.45, 7) is 6.20. The molecule has 0 heterocycles. The van der Waals surface area contributed by atoms with Crippen LogP contribution in [0.5, 0.6) is 0 Å². The van der Waals surface area contributed by atoms with Gasteiger partial charge in [-0.1, -0.05) is 37.3 Å². The third-order valence-electron chi connectivity index (χ3n) is 2.84. The molecule has 0 fully saturated rings. The number of amides is 1. The molecule has 16 heavy (non-hydrogen) atoms. The molecule has 1 aromatic rings. The van der Waals surface area contributed by atoms with Crippen LogP contribution in [0.4, 0.5) is 0 Å². The zero-order valence-corrected chi connectivity index (χ0v) is 10.2. The first-order valence-corrected chi connectivity index (χ1v) is 5.58. The van der Waals surface area contributed by atoms with Gasteiger partial charge in [0.15, 0.2) is 0 Å². The molecule has 3 heteroatoms. The number of nitrogens with one attached hydrogen (secondary N) is 1. The first-order valence-electron chi connectivity index (χ1n) is 5.58. The molecule has 0 spiro atoms. The van der Waals surface area contributed by atoms with Gasteiger partial charge < -0.3 is 5.73 Å². The van der Waals surface area contributed by atoms with Gasteiger partial charge >= 0.3 is 0 Å². The van der Waals surface area contributed by atoms with Crippen LogP contribution in [0, 0.1) is 0 Å². The van der Waals surface area contributed by atoms with E-state index in [4.69, 9.17) is 5.73 Å². The lowest BCUT2D eigenvalue weighted by Gasteiger charge is -2.29. The Balaban J connectivity index is 2.89. The van der Waals surface area contributed by atoms with E-state index in [0.717, 1.165) is 12.0 Å². The Kier molecular flexibility index (Phi) is 4.07. The van der Waals surface area contributed by atoms with E-state index in [2.05, 4.69) is 26.1 Å². The van der Waals surface area contributed by atoms with Crippen LogP contribution in [-0.4, -0.2) is 11.4 Å². The minimum Gasteiger partial charge on any atom is -0.368 e. The Morgan fingerprint density at radius 2 is 1.94 bits per heavy atom. The molecule has 0 saturated carbocycles. The maximum Gasteiger partial charge on any atom is 0.239 e. The van der Waals surface area contributed by atoms with E-state index in [1.54, 1.807) is 0 Å². The van der Waals surface area contributed by atoms with Gasteiger partial charge in [0.25, 0.3) is 0 Å². The summed E-state index contributed by atoms with van der Waals surface area (Å²) in [6, 6.07) is 9.14. The van der Waals surface area contributed by atoms with E-state index in [9.17, 15) is 4.79 Å². The van der Waals surface area contributed by atoms with Gasteiger partial charge in [-0.2, -0.15) is 0 Å². The van der Waals surface area contributed by atoms with Crippen molar-refractivity contribution >= 4 is 5.91 Å². The maximum atomic E-state index is 11.5. The van der Waals surface area contributed by atoms with Crippen LogP contribution in [0.2, 0.25) is 0 Å². The molecule has 0 saturated heterocycles. The summed E-state index contributed by atoms with van der Waals surface area (Å²) >= 11 is 0. The first-order chi connectivity index (χ1) is 7.46. The Labute approximate surface area is 97.0 Å². The molecule has 3 N–H and O–H groups in total. The normalized spacial score (nSPS) is 13.4. The van der Waals surface area contributed by atoms with Crippen LogP contribution >= 0.6 is 0 Å². The fraction of sp³-hybridized carbons (Fsp3) is 0.462. The number of nitrogens with two attached hydrogens (primary N) is 1. The van der Waals surface area contributed by atoms with E-state index >= 15 is 0 Å². The molecule has 1 atom stereocenters. The highest BCUT2D eigenvalue weighted by Crippen LogP contribution is 2.18. The van der Waals surface area contributed by atoms with Crippen LogP contribution in [0.1, 0.15) is 38.8 Å². The summed E-state index contributed by atoms with van der Waals surface area (Å²) in [6.07, 6.45) is 0.934. The van der Waals surface area contributed by atoms with E-state index in [-0.39, 0.29) is 11.4 Å². The van der Waals surface area contributed by atoms with Crippen molar-refractivity contribution in [3.63, 3.8) is 0 Å². The highest BCUT2D eigenvalue weighted by molar-refractivity contribution is 5.81. The number of carbonyl (C=O) groups excluding carboxylic acids is 1. The van der Waals surface area contributed by atoms with Crippen LogP contribution in [0.3, 0.4) is 0 Å². The third kappa shape index (κ3) is 3.35. The molecule has 88 valence electrons. The van der Waals surface area contributed by atoms with Gasteiger partial charge in [-0.05, 0) is 25.8 Å². The van der Waals surface area contributed by atoms with Gasteiger partial charge in [0.2, 0.25) is 5.91 Å². The van der Waals surface area contributed by atoms with Crippen molar-refractivity contribution in [2.24, 2.45) is 5.73 Å².